The number of carboxylic acids is 1. The Hall–Kier alpha value is -0.320. The summed E-state index contributed by atoms with van der Waals surface area (Å²) in [5.74, 6) is -2.00. The zero-order valence-electron chi connectivity index (χ0n) is 17.8. The second kappa shape index (κ2) is 23.7. The topological polar surface area (TPSA) is 66.4 Å². The number of rotatable bonds is 19. The van der Waals surface area contributed by atoms with Gasteiger partial charge in [-0.2, -0.15) is 0 Å². The van der Waals surface area contributed by atoms with E-state index in [1.54, 1.807) is 0 Å². The van der Waals surface area contributed by atoms with E-state index in [2.05, 4.69) is 6.92 Å². The molecular formula is C22H39NaO4. The minimum absolute atomic E-state index is 0. The fraction of sp³-hybridized carbons (Fsp3) is 0.818. The number of carboxylic acid groups (broad SMARTS) is 1. The van der Waals surface area contributed by atoms with E-state index < -0.39 is 11.9 Å². The molecule has 152 valence electrons. The molecular weight excluding hydrogens is 351 g/mol. The molecule has 27 heavy (non-hydrogen) atoms. The number of unbranched alkanes of at least 4 members (excludes halogenated alkanes) is 15. The summed E-state index contributed by atoms with van der Waals surface area (Å²) in [7, 11) is 0. The number of aliphatic carboxylic acids is 1. The third-order valence-corrected chi connectivity index (χ3v) is 4.60. The first-order valence-corrected chi connectivity index (χ1v) is 10.7. The van der Waals surface area contributed by atoms with E-state index in [9.17, 15) is 14.7 Å². The standard InChI is InChI=1S/C22H40O4.Na/c1-2-3-4-5-6-7-8-9-10-11-12-13-14-15-16-17-20-26-22(25)19-18-21(23)24;/h18-19H,2-17,20H2,1H3,(H,23,24);/q;+1/p-1. The van der Waals surface area contributed by atoms with E-state index in [1.807, 2.05) is 0 Å². The predicted molar refractivity (Wildman–Crippen MR) is 105 cm³/mol. The summed E-state index contributed by atoms with van der Waals surface area (Å²) in [6.45, 7) is 2.62. The molecule has 0 radical (unpaired) electrons. The van der Waals surface area contributed by atoms with Crippen LogP contribution in [-0.4, -0.2) is 18.5 Å². The third-order valence-electron chi connectivity index (χ3n) is 4.60. The minimum Gasteiger partial charge on any atom is -0.545 e. The Morgan fingerprint density at radius 3 is 1.41 bits per heavy atom. The van der Waals surface area contributed by atoms with Crippen LogP contribution in [0.3, 0.4) is 0 Å². The predicted octanol–water partition coefficient (Wildman–Crippen LogP) is 2.10. The molecule has 0 fully saturated rings. The molecule has 0 aliphatic heterocycles. The first-order chi connectivity index (χ1) is 12.7. The van der Waals surface area contributed by atoms with Crippen LogP contribution in [0.1, 0.15) is 110 Å². The zero-order chi connectivity index (χ0) is 19.3. The van der Waals surface area contributed by atoms with Crippen LogP contribution in [0.2, 0.25) is 0 Å². The maximum atomic E-state index is 11.1. The number of carbonyl (C=O) groups is 2. The van der Waals surface area contributed by atoms with Crippen molar-refractivity contribution in [2.75, 3.05) is 6.61 Å². The van der Waals surface area contributed by atoms with Crippen molar-refractivity contribution in [3.05, 3.63) is 12.2 Å². The number of hydrogen-bond acceptors (Lipinski definition) is 4. The molecule has 0 aromatic heterocycles. The maximum Gasteiger partial charge on any atom is 1.00 e. The fourth-order valence-corrected chi connectivity index (χ4v) is 3.01. The van der Waals surface area contributed by atoms with Gasteiger partial charge in [-0.3, -0.25) is 0 Å². The number of carbonyl (C=O) groups excluding carboxylic acids is 2. The Balaban J connectivity index is 0. The molecule has 0 spiro atoms. The van der Waals surface area contributed by atoms with Gasteiger partial charge < -0.3 is 14.6 Å². The van der Waals surface area contributed by atoms with Crippen LogP contribution >= 0.6 is 0 Å². The summed E-state index contributed by atoms with van der Waals surface area (Å²) >= 11 is 0. The van der Waals surface area contributed by atoms with Crippen molar-refractivity contribution in [3.63, 3.8) is 0 Å². The fourth-order valence-electron chi connectivity index (χ4n) is 3.01. The van der Waals surface area contributed by atoms with Gasteiger partial charge in [0.2, 0.25) is 0 Å². The monoisotopic (exact) mass is 390 g/mol. The average Bonchev–Trinajstić information content (AvgIpc) is 2.62. The Labute approximate surface area is 188 Å². The Morgan fingerprint density at radius 2 is 1.04 bits per heavy atom. The van der Waals surface area contributed by atoms with Crippen molar-refractivity contribution in [1.82, 2.24) is 0 Å². The van der Waals surface area contributed by atoms with Crippen LogP contribution in [0, 0.1) is 0 Å². The third kappa shape index (κ3) is 25.7. The molecule has 4 nitrogen and oxygen atoms in total. The van der Waals surface area contributed by atoms with Crippen molar-refractivity contribution in [1.29, 1.82) is 0 Å². The molecule has 0 aliphatic carbocycles. The van der Waals surface area contributed by atoms with Gasteiger partial charge in [0, 0.05) is 6.08 Å². The van der Waals surface area contributed by atoms with Crippen LogP contribution in [0.5, 0.6) is 0 Å². The van der Waals surface area contributed by atoms with Crippen molar-refractivity contribution in [3.8, 4) is 0 Å². The molecule has 0 amide bonds. The van der Waals surface area contributed by atoms with Crippen molar-refractivity contribution >= 4 is 11.9 Å². The molecule has 0 heterocycles. The minimum atomic E-state index is -1.38. The molecule has 5 heteroatoms. The number of esters is 1. The van der Waals surface area contributed by atoms with E-state index in [0.717, 1.165) is 18.9 Å². The van der Waals surface area contributed by atoms with Gasteiger partial charge in [-0.15, -0.1) is 0 Å². The summed E-state index contributed by atoms with van der Waals surface area (Å²) in [4.78, 5) is 21.2. The normalized spacial score (nSPS) is 10.7. The van der Waals surface area contributed by atoms with Gasteiger partial charge >= 0.3 is 35.5 Å². The summed E-state index contributed by atoms with van der Waals surface area (Å²) in [6, 6.07) is 0. The van der Waals surface area contributed by atoms with Crippen molar-refractivity contribution < 1.29 is 49.0 Å². The molecule has 0 N–H and O–H groups in total. The van der Waals surface area contributed by atoms with E-state index in [0.29, 0.717) is 12.7 Å². The van der Waals surface area contributed by atoms with Crippen LogP contribution in [0.15, 0.2) is 12.2 Å². The van der Waals surface area contributed by atoms with E-state index in [4.69, 9.17) is 4.74 Å². The molecule has 0 atom stereocenters. The largest absolute Gasteiger partial charge is 1.00 e. The summed E-state index contributed by atoms with van der Waals surface area (Å²) in [5.41, 5.74) is 0. The average molecular weight is 391 g/mol. The Morgan fingerprint density at radius 1 is 0.667 bits per heavy atom. The molecule has 0 saturated heterocycles. The van der Waals surface area contributed by atoms with Crippen LogP contribution in [-0.2, 0) is 14.3 Å². The van der Waals surface area contributed by atoms with Gasteiger partial charge in [-0.05, 0) is 12.5 Å². The quantitative estimate of drug-likeness (QED) is 0.147. The van der Waals surface area contributed by atoms with Gasteiger partial charge in [0.15, 0.2) is 0 Å². The first-order valence-electron chi connectivity index (χ1n) is 10.7. The number of ether oxygens (including phenoxy) is 1. The zero-order valence-corrected chi connectivity index (χ0v) is 19.8. The van der Waals surface area contributed by atoms with Gasteiger partial charge in [-0.1, -0.05) is 103 Å². The Kier molecular flexibility index (Phi) is 25.4. The molecule has 0 aromatic carbocycles. The molecule has 0 aromatic rings. The maximum absolute atomic E-state index is 11.1. The molecule has 0 unspecified atom stereocenters. The molecule has 0 rings (SSSR count). The molecule has 0 saturated carbocycles. The number of hydrogen-bond donors (Lipinski definition) is 0. The van der Waals surface area contributed by atoms with E-state index >= 15 is 0 Å². The molecule has 0 bridgehead atoms. The second-order valence-electron chi connectivity index (χ2n) is 7.12. The van der Waals surface area contributed by atoms with Crippen molar-refractivity contribution in [2.24, 2.45) is 0 Å². The summed E-state index contributed by atoms with van der Waals surface area (Å²) < 4.78 is 4.89. The van der Waals surface area contributed by atoms with Gasteiger partial charge in [0.1, 0.15) is 0 Å². The molecule has 0 aliphatic rings. The van der Waals surface area contributed by atoms with Gasteiger partial charge in [-0.25, -0.2) is 4.79 Å². The van der Waals surface area contributed by atoms with Gasteiger partial charge in [0.05, 0.1) is 12.6 Å². The second-order valence-corrected chi connectivity index (χ2v) is 7.12. The Bertz CT molecular complexity index is 369. The van der Waals surface area contributed by atoms with E-state index in [-0.39, 0.29) is 29.6 Å². The van der Waals surface area contributed by atoms with Crippen LogP contribution < -0.4 is 34.7 Å². The van der Waals surface area contributed by atoms with Crippen molar-refractivity contribution in [2.45, 2.75) is 110 Å². The summed E-state index contributed by atoms with van der Waals surface area (Å²) in [5, 5.41) is 10.1. The first kappa shape index (κ1) is 28.9. The van der Waals surface area contributed by atoms with Crippen LogP contribution in [0.4, 0.5) is 0 Å². The smallest absolute Gasteiger partial charge is 0.545 e. The van der Waals surface area contributed by atoms with E-state index in [1.165, 1.54) is 89.9 Å². The summed E-state index contributed by atoms with van der Waals surface area (Å²) in [6.07, 6.45) is 22.4. The SMILES string of the molecule is CCCCCCCCCCCCCCCCCCOC(=O)C=CC(=O)[O-].[Na+]. The van der Waals surface area contributed by atoms with Gasteiger partial charge in [0.25, 0.3) is 0 Å². The van der Waals surface area contributed by atoms with Crippen LogP contribution in [0.25, 0.3) is 0 Å².